The molecule has 0 bridgehead atoms. The molecule has 2 aromatic heterocycles. The maximum atomic E-state index is 13.1. The van der Waals surface area contributed by atoms with E-state index >= 15 is 0 Å². The molecule has 1 saturated heterocycles. The largest absolute Gasteiger partial charge is 0.497 e. The number of aromatic amines is 1. The molecule has 35 heavy (non-hydrogen) atoms. The fourth-order valence-electron chi connectivity index (χ4n) is 4.36. The van der Waals surface area contributed by atoms with E-state index in [0.29, 0.717) is 41.2 Å². The van der Waals surface area contributed by atoms with Crippen LogP contribution in [0.15, 0.2) is 36.4 Å². The van der Waals surface area contributed by atoms with Crippen LogP contribution in [0, 0.1) is 13.8 Å². The number of piperidine rings is 1. The number of carbonyl (C=O) groups excluding carboxylic acids is 1. The Balaban J connectivity index is 1.24. The van der Waals surface area contributed by atoms with E-state index in [1.807, 2.05) is 23.1 Å². The summed E-state index contributed by atoms with van der Waals surface area (Å²) >= 11 is 1.60. The predicted octanol–water partition coefficient (Wildman–Crippen LogP) is 5.00. The highest BCUT2D eigenvalue weighted by Gasteiger charge is 2.27. The Morgan fingerprint density at radius 3 is 2.54 bits per heavy atom. The third kappa shape index (κ3) is 4.55. The first-order chi connectivity index (χ1) is 17.0. The van der Waals surface area contributed by atoms with Crippen LogP contribution in [0.5, 0.6) is 16.7 Å². The van der Waals surface area contributed by atoms with Crippen LogP contribution < -0.4 is 14.2 Å². The number of hydrogen-bond donors (Lipinski definition) is 1. The molecule has 3 heterocycles. The second kappa shape index (κ2) is 9.58. The van der Waals surface area contributed by atoms with Gasteiger partial charge in [0.05, 0.1) is 30.1 Å². The summed E-state index contributed by atoms with van der Waals surface area (Å²) in [6.45, 7) is 5.40. The molecule has 5 rings (SSSR count). The summed E-state index contributed by atoms with van der Waals surface area (Å²) in [4.78, 5) is 19.7. The highest BCUT2D eigenvalue weighted by molar-refractivity contribution is 7.20. The molecular formula is C26H28N4O4S. The predicted molar refractivity (Wildman–Crippen MR) is 136 cm³/mol. The lowest BCUT2D eigenvalue weighted by Crippen LogP contribution is -2.41. The van der Waals surface area contributed by atoms with E-state index in [1.54, 1.807) is 31.6 Å². The van der Waals surface area contributed by atoms with Crippen LogP contribution in [0.4, 0.5) is 0 Å². The number of benzene rings is 2. The van der Waals surface area contributed by atoms with Gasteiger partial charge in [-0.3, -0.25) is 9.89 Å². The van der Waals surface area contributed by atoms with E-state index in [2.05, 4.69) is 36.2 Å². The highest BCUT2D eigenvalue weighted by Crippen LogP contribution is 2.34. The van der Waals surface area contributed by atoms with Gasteiger partial charge in [0, 0.05) is 31.5 Å². The summed E-state index contributed by atoms with van der Waals surface area (Å²) < 4.78 is 18.2. The number of H-pyrrole nitrogens is 1. The summed E-state index contributed by atoms with van der Waals surface area (Å²) in [7, 11) is 3.21. The molecular weight excluding hydrogens is 464 g/mol. The van der Waals surface area contributed by atoms with Crippen LogP contribution in [0.3, 0.4) is 0 Å². The first-order valence-corrected chi connectivity index (χ1v) is 12.4. The number of fused-ring (bicyclic) bond motifs is 1. The Morgan fingerprint density at radius 1 is 1.06 bits per heavy atom. The van der Waals surface area contributed by atoms with E-state index in [4.69, 9.17) is 19.2 Å². The van der Waals surface area contributed by atoms with Gasteiger partial charge in [-0.2, -0.15) is 5.10 Å². The summed E-state index contributed by atoms with van der Waals surface area (Å²) in [6, 6.07) is 11.5. The minimum absolute atomic E-state index is 0.0404. The first-order valence-electron chi connectivity index (χ1n) is 11.6. The number of methoxy groups -OCH3 is 2. The maximum absolute atomic E-state index is 13.1. The van der Waals surface area contributed by atoms with Gasteiger partial charge in [-0.25, -0.2) is 4.98 Å². The molecule has 0 unspecified atom stereocenters. The van der Waals surface area contributed by atoms with E-state index in [1.165, 1.54) is 10.3 Å². The van der Waals surface area contributed by atoms with Gasteiger partial charge in [0.2, 0.25) is 0 Å². The maximum Gasteiger partial charge on any atom is 0.274 e. The number of aromatic nitrogens is 3. The Kier molecular flexibility index (Phi) is 6.34. The van der Waals surface area contributed by atoms with E-state index in [0.717, 1.165) is 29.5 Å². The van der Waals surface area contributed by atoms with E-state index in [9.17, 15) is 4.79 Å². The molecule has 2 aromatic carbocycles. The lowest BCUT2D eigenvalue weighted by atomic mass is 10.1. The van der Waals surface area contributed by atoms with Gasteiger partial charge in [-0.15, -0.1) is 0 Å². The van der Waals surface area contributed by atoms with Crippen molar-refractivity contribution in [2.45, 2.75) is 32.8 Å². The number of amides is 1. The van der Waals surface area contributed by atoms with Crippen LogP contribution in [-0.4, -0.2) is 59.4 Å². The van der Waals surface area contributed by atoms with Crippen molar-refractivity contribution in [1.29, 1.82) is 0 Å². The fraction of sp³-hybridized carbons (Fsp3) is 0.346. The van der Waals surface area contributed by atoms with Crippen LogP contribution in [0.2, 0.25) is 0 Å². The molecule has 1 N–H and O–H groups in total. The van der Waals surface area contributed by atoms with Gasteiger partial charge in [0.25, 0.3) is 11.1 Å². The molecule has 1 fully saturated rings. The van der Waals surface area contributed by atoms with Gasteiger partial charge in [0.1, 0.15) is 23.3 Å². The lowest BCUT2D eigenvalue weighted by molar-refractivity contribution is 0.0590. The number of ether oxygens (including phenoxy) is 3. The topological polar surface area (TPSA) is 89.6 Å². The summed E-state index contributed by atoms with van der Waals surface area (Å²) in [5, 5.41) is 7.94. The second-order valence-corrected chi connectivity index (χ2v) is 9.66. The molecule has 182 valence electrons. The van der Waals surface area contributed by atoms with Gasteiger partial charge in [-0.1, -0.05) is 23.5 Å². The molecule has 0 atom stereocenters. The van der Waals surface area contributed by atoms with Crippen molar-refractivity contribution < 1.29 is 19.0 Å². The van der Waals surface area contributed by atoms with Gasteiger partial charge in [0.15, 0.2) is 0 Å². The average Bonchev–Trinajstić information content (AvgIpc) is 3.54. The Bertz CT molecular complexity index is 1330. The number of thiazole rings is 1. The molecule has 9 heteroatoms. The Morgan fingerprint density at radius 2 is 1.83 bits per heavy atom. The van der Waals surface area contributed by atoms with Gasteiger partial charge < -0.3 is 19.1 Å². The third-order valence-corrected chi connectivity index (χ3v) is 7.49. The first kappa shape index (κ1) is 23.2. The van der Waals surface area contributed by atoms with E-state index < -0.39 is 0 Å². The van der Waals surface area contributed by atoms with Crippen LogP contribution in [-0.2, 0) is 0 Å². The minimum Gasteiger partial charge on any atom is -0.497 e. The zero-order valence-corrected chi connectivity index (χ0v) is 21.1. The quantitative estimate of drug-likeness (QED) is 0.407. The normalized spacial score (nSPS) is 14.3. The van der Waals surface area contributed by atoms with Crippen molar-refractivity contribution in [3.05, 3.63) is 53.2 Å². The fourth-order valence-corrected chi connectivity index (χ4v) is 5.39. The zero-order chi connectivity index (χ0) is 24.5. The molecule has 0 saturated carbocycles. The molecule has 1 aliphatic rings. The van der Waals surface area contributed by atoms with Crippen molar-refractivity contribution in [3.63, 3.8) is 0 Å². The number of likely N-dealkylation sites (tertiary alicyclic amines) is 1. The van der Waals surface area contributed by atoms with Crippen molar-refractivity contribution in [2.75, 3.05) is 27.3 Å². The number of rotatable bonds is 6. The third-order valence-electron chi connectivity index (χ3n) is 6.41. The van der Waals surface area contributed by atoms with E-state index in [-0.39, 0.29) is 12.0 Å². The number of carbonyl (C=O) groups is 1. The lowest BCUT2D eigenvalue weighted by Gasteiger charge is -2.31. The Hall–Kier alpha value is -3.59. The zero-order valence-electron chi connectivity index (χ0n) is 20.3. The number of aryl methyl sites for hydroxylation is 2. The van der Waals surface area contributed by atoms with Crippen LogP contribution >= 0.6 is 11.3 Å². The van der Waals surface area contributed by atoms with Crippen LogP contribution in [0.25, 0.3) is 21.5 Å². The standard InChI is InChI=1S/C26H28N4O4S/c1-15-5-6-16(2)24-23(15)27-26(35-24)34-17-9-11-30(12-10-17)25(31)21-14-20(28-29-21)19-13-18(32-3)7-8-22(19)33-4/h5-8,13-14,17H,9-12H2,1-4H3,(H,28,29). The summed E-state index contributed by atoms with van der Waals surface area (Å²) in [5.41, 5.74) is 5.22. The highest BCUT2D eigenvalue weighted by atomic mass is 32.1. The average molecular weight is 493 g/mol. The van der Waals surface area contributed by atoms with Gasteiger partial charge >= 0.3 is 0 Å². The number of nitrogens with zero attached hydrogens (tertiary/aromatic N) is 3. The van der Waals surface area contributed by atoms with Crippen molar-refractivity contribution in [2.24, 2.45) is 0 Å². The molecule has 0 aliphatic carbocycles. The molecule has 1 amide bonds. The number of hydrogen-bond acceptors (Lipinski definition) is 7. The molecule has 4 aromatic rings. The number of nitrogens with one attached hydrogen (secondary N) is 1. The molecule has 8 nitrogen and oxygen atoms in total. The molecule has 0 spiro atoms. The SMILES string of the molecule is COc1ccc(OC)c(-c2cc(C(=O)N3CCC(Oc4nc5c(C)ccc(C)c5s4)CC3)[nH]n2)c1. The van der Waals surface area contributed by atoms with Crippen molar-refractivity contribution in [1.82, 2.24) is 20.1 Å². The van der Waals surface area contributed by atoms with Gasteiger partial charge in [-0.05, 0) is 49.2 Å². The second-order valence-electron chi connectivity index (χ2n) is 8.70. The van der Waals surface area contributed by atoms with Crippen molar-refractivity contribution >= 4 is 27.5 Å². The Labute approximate surface area is 207 Å². The van der Waals surface area contributed by atoms with Crippen molar-refractivity contribution in [3.8, 4) is 28.0 Å². The molecule has 0 radical (unpaired) electrons. The van der Waals surface area contributed by atoms with Crippen LogP contribution in [0.1, 0.15) is 34.5 Å². The smallest absolute Gasteiger partial charge is 0.274 e. The minimum atomic E-state index is -0.0738. The molecule has 1 aliphatic heterocycles. The monoisotopic (exact) mass is 492 g/mol. The summed E-state index contributed by atoms with van der Waals surface area (Å²) in [5.74, 6) is 1.28. The summed E-state index contributed by atoms with van der Waals surface area (Å²) in [6.07, 6.45) is 1.55.